The number of hydrogen-bond acceptors (Lipinski definition) is 3. The number of unbranched alkanes of at least 4 members (excludes halogenated alkanes) is 1. The SMILES string of the molecule is CCCCN(CC(=O)N(Cc1ccccc1)Cc1cccs1)C(=O)c1ccc(F)cc1. The van der Waals surface area contributed by atoms with Crippen LogP contribution in [-0.2, 0) is 17.9 Å². The van der Waals surface area contributed by atoms with Gasteiger partial charge in [0.15, 0.2) is 0 Å². The van der Waals surface area contributed by atoms with Crippen molar-refractivity contribution in [2.45, 2.75) is 32.9 Å². The summed E-state index contributed by atoms with van der Waals surface area (Å²) in [6.45, 7) is 3.49. The highest BCUT2D eigenvalue weighted by molar-refractivity contribution is 7.09. The second-order valence-electron chi connectivity index (χ2n) is 7.40. The molecule has 4 nitrogen and oxygen atoms in total. The Morgan fingerprint density at radius 1 is 0.903 bits per heavy atom. The first-order valence-electron chi connectivity index (χ1n) is 10.5. The van der Waals surface area contributed by atoms with E-state index in [0.29, 0.717) is 25.2 Å². The number of benzene rings is 2. The Morgan fingerprint density at radius 2 is 1.65 bits per heavy atom. The highest BCUT2D eigenvalue weighted by atomic mass is 32.1. The first-order valence-corrected chi connectivity index (χ1v) is 11.3. The van der Waals surface area contributed by atoms with Crippen molar-refractivity contribution in [3.63, 3.8) is 0 Å². The van der Waals surface area contributed by atoms with Gasteiger partial charge in [-0.1, -0.05) is 49.7 Å². The molecule has 0 aliphatic heterocycles. The minimum Gasteiger partial charge on any atom is -0.332 e. The van der Waals surface area contributed by atoms with Gasteiger partial charge >= 0.3 is 0 Å². The third-order valence-electron chi connectivity index (χ3n) is 4.98. The molecule has 3 rings (SSSR count). The molecule has 0 spiro atoms. The van der Waals surface area contributed by atoms with Gasteiger partial charge in [-0.25, -0.2) is 4.39 Å². The fourth-order valence-electron chi connectivity index (χ4n) is 3.27. The zero-order valence-electron chi connectivity index (χ0n) is 17.7. The minimum atomic E-state index is -0.391. The zero-order valence-corrected chi connectivity index (χ0v) is 18.5. The lowest BCUT2D eigenvalue weighted by Crippen LogP contribution is -2.42. The molecule has 1 heterocycles. The van der Waals surface area contributed by atoms with Crippen LogP contribution in [0.1, 0.15) is 40.6 Å². The Morgan fingerprint density at radius 3 is 2.29 bits per heavy atom. The summed E-state index contributed by atoms with van der Waals surface area (Å²) < 4.78 is 13.3. The molecule has 0 atom stereocenters. The van der Waals surface area contributed by atoms with Crippen molar-refractivity contribution >= 4 is 23.2 Å². The normalized spacial score (nSPS) is 10.6. The molecule has 6 heteroatoms. The molecule has 0 aliphatic rings. The molecular formula is C25H27FN2O2S. The van der Waals surface area contributed by atoms with Gasteiger partial charge in [0, 0.05) is 23.5 Å². The summed E-state index contributed by atoms with van der Waals surface area (Å²) >= 11 is 1.61. The van der Waals surface area contributed by atoms with Crippen LogP contribution >= 0.6 is 11.3 Å². The molecule has 0 saturated heterocycles. The van der Waals surface area contributed by atoms with E-state index < -0.39 is 5.82 Å². The summed E-state index contributed by atoms with van der Waals surface area (Å²) in [4.78, 5) is 30.8. The lowest BCUT2D eigenvalue weighted by molar-refractivity contribution is -0.133. The van der Waals surface area contributed by atoms with Crippen molar-refractivity contribution < 1.29 is 14.0 Å². The van der Waals surface area contributed by atoms with E-state index in [1.165, 1.54) is 24.3 Å². The van der Waals surface area contributed by atoms with Crippen molar-refractivity contribution in [3.05, 3.63) is 93.9 Å². The fraction of sp³-hybridized carbons (Fsp3) is 0.280. The lowest BCUT2D eigenvalue weighted by atomic mass is 10.1. The number of rotatable bonds is 10. The van der Waals surface area contributed by atoms with Gasteiger partial charge in [0.05, 0.1) is 6.54 Å². The van der Waals surface area contributed by atoms with Gasteiger partial charge in [0.25, 0.3) is 5.91 Å². The van der Waals surface area contributed by atoms with E-state index in [2.05, 4.69) is 0 Å². The molecule has 2 amide bonds. The molecule has 1 aromatic heterocycles. The van der Waals surface area contributed by atoms with Crippen molar-refractivity contribution in [1.82, 2.24) is 9.80 Å². The Labute approximate surface area is 186 Å². The second-order valence-corrected chi connectivity index (χ2v) is 8.43. The van der Waals surface area contributed by atoms with Crippen LogP contribution in [0.15, 0.2) is 72.1 Å². The Kier molecular flexibility index (Phi) is 8.35. The van der Waals surface area contributed by atoms with E-state index in [0.717, 1.165) is 23.3 Å². The van der Waals surface area contributed by atoms with Crippen molar-refractivity contribution in [2.24, 2.45) is 0 Å². The number of amides is 2. The fourth-order valence-corrected chi connectivity index (χ4v) is 3.99. The molecule has 31 heavy (non-hydrogen) atoms. The van der Waals surface area contributed by atoms with Gasteiger partial charge in [-0.05, 0) is 47.7 Å². The number of halogens is 1. The molecule has 0 saturated carbocycles. The van der Waals surface area contributed by atoms with Gasteiger partial charge in [0.2, 0.25) is 5.91 Å². The van der Waals surface area contributed by atoms with Crippen LogP contribution in [0.2, 0.25) is 0 Å². The lowest BCUT2D eigenvalue weighted by Gasteiger charge is -2.28. The molecule has 162 valence electrons. The van der Waals surface area contributed by atoms with Crippen LogP contribution < -0.4 is 0 Å². The maximum absolute atomic E-state index is 13.3. The summed E-state index contributed by atoms with van der Waals surface area (Å²) in [5, 5.41) is 1.99. The smallest absolute Gasteiger partial charge is 0.254 e. The average molecular weight is 439 g/mol. The minimum absolute atomic E-state index is 0.00554. The van der Waals surface area contributed by atoms with Gasteiger partial charge in [-0.3, -0.25) is 9.59 Å². The van der Waals surface area contributed by atoms with E-state index >= 15 is 0 Å². The van der Waals surface area contributed by atoms with Crippen LogP contribution in [0.25, 0.3) is 0 Å². The molecule has 2 aromatic carbocycles. The number of carbonyl (C=O) groups excluding carboxylic acids is 2. The topological polar surface area (TPSA) is 40.6 Å². The maximum Gasteiger partial charge on any atom is 0.254 e. The van der Waals surface area contributed by atoms with Gasteiger partial charge in [-0.15, -0.1) is 11.3 Å². The molecule has 0 radical (unpaired) electrons. The van der Waals surface area contributed by atoms with Crippen LogP contribution in [0.3, 0.4) is 0 Å². The molecule has 0 unspecified atom stereocenters. The Bertz CT molecular complexity index is 959. The first-order chi connectivity index (χ1) is 15.1. The molecule has 3 aromatic rings. The van der Waals surface area contributed by atoms with Crippen LogP contribution in [0.5, 0.6) is 0 Å². The summed E-state index contributed by atoms with van der Waals surface area (Å²) in [5.74, 6) is -0.751. The highest BCUT2D eigenvalue weighted by Crippen LogP contribution is 2.16. The number of carbonyl (C=O) groups is 2. The monoisotopic (exact) mass is 438 g/mol. The standard InChI is InChI=1S/C25H27FN2O2S/c1-2-3-15-27(25(30)21-11-13-22(26)14-12-21)19-24(29)28(18-23-10-7-16-31-23)17-20-8-5-4-6-9-20/h4-14,16H,2-3,15,17-19H2,1H3. The predicted octanol–water partition coefficient (Wildman–Crippen LogP) is 5.36. The van der Waals surface area contributed by atoms with E-state index in [4.69, 9.17) is 0 Å². The second kappa shape index (κ2) is 11.4. The summed E-state index contributed by atoms with van der Waals surface area (Å²) in [6.07, 6.45) is 1.70. The number of hydrogen-bond donors (Lipinski definition) is 0. The Balaban J connectivity index is 1.77. The van der Waals surface area contributed by atoms with Crippen LogP contribution in [0, 0.1) is 5.82 Å². The van der Waals surface area contributed by atoms with Gasteiger partial charge < -0.3 is 9.80 Å². The third kappa shape index (κ3) is 6.76. The van der Waals surface area contributed by atoms with Crippen molar-refractivity contribution in [3.8, 4) is 0 Å². The molecule has 0 N–H and O–H groups in total. The third-order valence-corrected chi connectivity index (χ3v) is 5.84. The van der Waals surface area contributed by atoms with Gasteiger partial charge in [0.1, 0.15) is 12.4 Å². The quantitative estimate of drug-likeness (QED) is 0.428. The first kappa shape index (κ1) is 22.7. The van der Waals surface area contributed by atoms with Crippen LogP contribution in [0.4, 0.5) is 4.39 Å². The number of nitrogens with zero attached hydrogens (tertiary/aromatic N) is 2. The molecule has 0 aliphatic carbocycles. The average Bonchev–Trinajstić information content (AvgIpc) is 3.30. The molecular weight excluding hydrogens is 411 g/mol. The Hall–Kier alpha value is -2.99. The number of thiophene rings is 1. The van der Waals surface area contributed by atoms with E-state index in [-0.39, 0.29) is 18.4 Å². The van der Waals surface area contributed by atoms with E-state index in [1.54, 1.807) is 21.1 Å². The van der Waals surface area contributed by atoms with Crippen molar-refractivity contribution in [1.29, 1.82) is 0 Å². The largest absolute Gasteiger partial charge is 0.332 e. The summed E-state index contributed by atoms with van der Waals surface area (Å²) in [6, 6.07) is 19.3. The summed E-state index contributed by atoms with van der Waals surface area (Å²) in [7, 11) is 0. The van der Waals surface area contributed by atoms with E-state index in [9.17, 15) is 14.0 Å². The van der Waals surface area contributed by atoms with E-state index in [1.807, 2.05) is 54.8 Å². The predicted molar refractivity (Wildman–Crippen MR) is 122 cm³/mol. The highest BCUT2D eigenvalue weighted by Gasteiger charge is 2.23. The molecule has 0 bridgehead atoms. The van der Waals surface area contributed by atoms with Gasteiger partial charge in [-0.2, -0.15) is 0 Å². The molecule has 0 fully saturated rings. The maximum atomic E-state index is 13.3. The van der Waals surface area contributed by atoms with Crippen molar-refractivity contribution in [2.75, 3.05) is 13.1 Å². The zero-order chi connectivity index (χ0) is 22.1. The summed E-state index contributed by atoms with van der Waals surface area (Å²) in [5.41, 5.74) is 1.43. The van der Waals surface area contributed by atoms with Crippen LogP contribution in [-0.4, -0.2) is 34.7 Å².